The predicted molar refractivity (Wildman–Crippen MR) is 83.6 cm³/mol. The Hall–Kier alpha value is -1.34. The van der Waals surface area contributed by atoms with Gasteiger partial charge in [0.2, 0.25) is 0 Å². The van der Waals surface area contributed by atoms with Crippen LogP contribution in [0.25, 0.3) is 10.1 Å². The number of thiophene rings is 1. The van der Waals surface area contributed by atoms with E-state index in [0.29, 0.717) is 28.8 Å². The molecule has 1 amide bonds. The minimum absolute atomic E-state index is 0.0298. The molecule has 0 aliphatic carbocycles. The molecule has 0 aliphatic rings. The van der Waals surface area contributed by atoms with E-state index in [1.165, 1.54) is 11.3 Å². The molecule has 0 atom stereocenters. The molecule has 7 heteroatoms. The lowest BCUT2D eigenvalue weighted by Crippen LogP contribution is -2.27. The molecule has 0 radical (unpaired) electrons. The molecule has 0 bridgehead atoms. The summed E-state index contributed by atoms with van der Waals surface area (Å²) < 4.78 is 11.2. The van der Waals surface area contributed by atoms with Crippen molar-refractivity contribution in [2.24, 2.45) is 0 Å². The summed E-state index contributed by atoms with van der Waals surface area (Å²) in [7, 11) is 1.58. The van der Waals surface area contributed by atoms with Crippen molar-refractivity contribution in [1.29, 1.82) is 0 Å². The van der Waals surface area contributed by atoms with E-state index in [1.54, 1.807) is 7.11 Å². The van der Waals surface area contributed by atoms with Gasteiger partial charge in [-0.1, -0.05) is 11.6 Å². The number of hydrogen-bond donors (Lipinski definition) is 2. The van der Waals surface area contributed by atoms with Crippen molar-refractivity contribution in [1.82, 2.24) is 5.32 Å². The van der Waals surface area contributed by atoms with Crippen molar-refractivity contribution in [2.45, 2.75) is 0 Å². The fourth-order valence-corrected chi connectivity index (χ4v) is 3.21. The summed E-state index contributed by atoms with van der Waals surface area (Å²) in [5.41, 5.74) is 0. The van der Waals surface area contributed by atoms with Crippen molar-refractivity contribution in [3.63, 3.8) is 0 Å². The third-order valence-electron chi connectivity index (χ3n) is 2.81. The first-order valence-corrected chi connectivity index (χ1v) is 7.59. The van der Waals surface area contributed by atoms with E-state index >= 15 is 0 Å². The molecule has 0 spiro atoms. The average Bonchev–Trinajstić information content (AvgIpc) is 2.83. The minimum Gasteiger partial charge on any atom is -0.497 e. The number of hydrogen-bond acceptors (Lipinski definition) is 5. The van der Waals surface area contributed by atoms with Gasteiger partial charge in [-0.3, -0.25) is 4.79 Å². The molecule has 2 aromatic rings. The molecule has 0 saturated carbocycles. The molecule has 0 unspecified atom stereocenters. The van der Waals surface area contributed by atoms with Crippen LogP contribution in [0.5, 0.6) is 5.75 Å². The van der Waals surface area contributed by atoms with Gasteiger partial charge in [-0.15, -0.1) is 11.3 Å². The van der Waals surface area contributed by atoms with Crippen LogP contribution in [0, 0.1) is 0 Å². The Morgan fingerprint density at radius 2 is 2.24 bits per heavy atom. The van der Waals surface area contributed by atoms with Gasteiger partial charge < -0.3 is 19.9 Å². The lowest BCUT2D eigenvalue weighted by Gasteiger charge is -2.04. The zero-order valence-electron chi connectivity index (χ0n) is 11.5. The maximum atomic E-state index is 12.1. The summed E-state index contributed by atoms with van der Waals surface area (Å²) in [5.74, 6) is 0.472. The Kier molecular flexibility index (Phi) is 5.81. The first-order chi connectivity index (χ1) is 10.2. The summed E-state index contributed by atoms with van der Waals surface area (Å²) in [6, 6.07) is 5.53. The molecular formula is C14H16ClNO4S. The third kappa shape index (κ3) is 3.85. The molecule has 21 heavy (non-hydrogen) atoms. The number of rotatable bonds is 7. The lowest BCUT2D eigenvalue weighted by molar-refractivity contribution is 0.0840. The number of carbonyl (C=O) groups excluding carboxylic acids is 1. The average molecular weight is 330 g/mol. The maximum Gasteiger partial charge on any atom is 0.263 e. The molecule has 0 aliphatic heterocycles. The summed E-state index contributed by atoms with van der Waals surface area (Å²) in [6.45, 7) is 0.951. The molecule has 5 nitrogen and oxygen atoms in total. The van der Waals surface area contributed by atoms with Crippen molar-refractivity contribution >= 4 is 38.9 Å². The van der Waals surface area contributed by atoms with Crippen molar-refractivity contribution < 1.29 is 19.4 Å². The normalized spacial score (nSPS) is 10.8. The minimum atomic E-state index is -0.229. The van der Waals surface area contributed by atoms with Gasteiger partial charge >= 0.3 is 0 Å². The highest BCUT2D eigenvalue weighted by Crippen LogP contribution is 2.37. The molecule has 1 aromatic heterocycles. The SMILES string of the molecule is COc1ccc2sc(C(=O)NCCOCCO)c(Cl)c2c1. The number of benzene rings is 1. The van der Waals surface area contributed by atoms with E-state index in [4.69, 9.17) is 26.2 Å². The maximum absolute atomic E-state index is 12.1. The Labute approximate surface area is 131 Å². The summed E-state index contributed by atoms with van der Waals surface area (Å²) in [5, 5.41) is 12.6. The highest BCUT2D eigenvalue weighted by Gasteiger charge is 2.17. The zero-order chi connectivity index (χ0) is 15.2. The second-order valence-corrected chi connectivity index (χ2v) is 5.63. The summed E-state index contributed by atoms with van der Waals surface area (Å²) >= 11 is 7.61. The monoisotopic (exact) mass is 329 g/mol. The highest BCUT2D eigenvalue weighted by molar-refractivity contribution is 7.21. The van der Waals surface area contributed by atoms with Gasteiger partial charge in [0.1, 0.15) is 10.6 Å². The van der Waals surface area contributed by atoms with Crippen LogP contribution in [0.4, 0.5) is 0 Å². The Bertz CT molecular complexity index is 629. The predicted octanol–water partition coefficient (Wildman–Crippen LogP) is 2.30. The van der Waals surface area contributed by atoms with Crippen LogP contribution in [-0.4, -0.2) is 44.5 Å². The Morgan fingerprint density at radius 3 is 2.95 bits per heavy atom. The molecule has 0 fully saturated rings. The Balaban J connectivity index is 2.07. The molecule has 0 saturated heterocycles. The fraction of sp³-hybridized carbons (Fsp3) is 0.357. The van der Waals surface area contributed by atoms with Gasteiger partial charge in [0.05, 0.1) is 32.0 Å². The van der Waals surface area contributed by atoms with Crippen LogP contribution in [0.2, 0.25) is 5.02 Å². The standard InChI is InChI=1S/C14H16ClNO4S/c1-19-9-2-3-11-10(8-9)12(15)13(21-11)14(18)16-4-6-20-7-5-17/h2-3,8,17H,4-7H2,1H3,(H,16,18). The number of carbonyl (C=O) groups is 1. The molecule has 2 N–H and O–H groups in total. The van der Waals surface area contributed by atoms with Crippen LogP contribution < -0.4 is 10.1 Å². The van der Waals surface area contributed by atoms with Gasteiger partial charge in [-0.05, 0) is 18.2 Å². The molecule has 114 valence electrons. The van der Waals surface area contributed by atoms with Gasteiger partial charge in [-0.2, -0.15) is 0 Å². The molecular weight excluding hydrogens is 314 g/mol. The molecule has 2 rings (SSSR count). The number of nitrogens with one attached hydrogen (secondary N) is 1. The van der Waals surface area contributed by atoms with E-state index in [1.807, 2.05) is 18.2 Å². The van der Waals surface area contributed by atoms with Crippen LogP contribution in [0.1, 0.15) is 9.67 Å². The highest BCUT2D eigenvalue weighted by atomic mass is 35.5. The topological polar surface area (TPSA) is 67.8 Å². The lowest BCUT2D eigenvalue weighted by atomic mass is 10.2. The molecule has 1 aromatic carbocycles. The number of halogens is 1. The second-order valence-electron chi connectivity index (χ2n) is 4.20. The largest absolute Gasteiger partial charge is 0.497 e. The fourth-order valence-electron chi connectivity index (χ4n) is 1.80. The Morgan fingerprint density at radius 1 is 1.43 bits per heavy atom. The summed E-state index contributed by atoms with van der Waals surface area (Å²) in [6.07, 6.45) is 0. The van der Waals surface area contributed by atoms with Crippen LogP contribution >= 0.6 is 22.9 Å². The third-order valence-corrected chi connectivity index (χ3v) is 4.48. The first-order valence-electron chi connectivity index (χ1n) is 6.40. The number of fused-ring (bicyclic) bond motifs is 1. The number of ether oxygens (including phenoxy) is 2. The van der Waals surface area contributed by atoms with Gasteiger partial charge in [0, 0.05) is 16.6 Å². The van der Waals surface area contributed by atoms with Crippen molar-refractivity contribution in [3.05, 3.63) is 28.1 Å². The quantitative estimate of drug-likeness (QED) is 0.765. The number of methoxy groups -OCH3 is 1. The number of aliphatic hydroxyl groups is 1. The van der Waals surface area contributed by atoms with Gasteiger partial charge in [-0.25, -0.2) is 0 Å². The van der Waals surface area contributed by atoms with Crippen LogP contribution in [0.3, 0.4) is 0 Å². The zero-order valence-corrected chi connectivity index (χ0v) is 13.1. The van der Waals surface area contributed by atoms with Gasteiger partial charge in [0.15, 0.2) is 0 Å². The van der Waals surface area contributed by atoms with Crippen molar-refractivity contribution in [3.8, 4) is 5.75 Å². The van der Waals surface area contributed by atoms with Crippen LogP contribution in [0.15, 0.2) is 18.2 Å². The smallest absolute Gasteiger partial charge is 0.263 e. The number of amides is 1. The van der Waals surface area contributed by atoms with E-state index < -0.39 is 0 Å². The van der Waals surface area contributed by atoms with Crippen molar-refractivity contribution in [2.75, 3.05) is 33.5 Å². The van der Waals surface area contributed by atoms with E-state index in [2.05, 4.69) is 5.32 Å². The second kappa shape index (κ2) is 7.61. The first kappa shape index (κ1) is 16.0. The molecule has 1 heterocycles. The summed E-state index contributed by atoms with van der Waals surface area (Å²) in [4.78, 5) is 12.6. The van der Waals surface area contributed by atoms with Crippen LogP contribution in [-0.2, 0) is 4.74 Å². The van der Waals surface area contributed by atoms with Gasteiger partial charge in [0.25, 0.3) is 5.91 Å². The number of aliphatic hydroxyl groups excluding tert-OH is 1. The van der Waals surface area contributed by atoms with E-state index in [-0.39, 0.29) is 19.1 Å². The van der Waals surface area contributed by atoms with E-state index in [0.717, 1.165) is 10.1 Å². The van der Waals surface area contributed by atoms with E-state index in [9.17, 15) is 4.79 Å².